The van der Waals surface area contributed by atoms with E-state index in [9.17, 15) is 13.2 Å². The maximum absolute atomic E-state index is 13.4. The Kier molecular flexibility index (Phi) is 7.60. The highest BCUT2D eigenvalue weighted by Gasteiger charge is 2.29. The number of benzene rings is 3. The van der Waals surface area contributed by atoms with Gasteiger partial charge >= 0.3 is 0 Å². The van der Waals surface area contributed by atoms with Gasteiger partial charge in [0, 0.05) is 5.69 Å². The lowest BCUT2D eigenvalue weighted by Gasteiger charge is -2.18. The summed E-state index contributed by atoms with van der Waals surface area (Å²) in [5.74, 6) is 0.417. The van der Waals surface area contributed by atoms with Crippen LogP contribution in [0.5, 0.6) is 11.5 Å². The Morgan fingerprint density at radius 3 is 2.15 bits per heavy atom. The molecule has 0 bridgehead atoms. The fourth-order valence-electron chi connectivity index (χ4n) is 3.35. The van der Waals surface area contributed by atoms with Crippen LogP contribution in [-0.4, -0.2) is 35.1 Å². The molecule has 0 saturated heterocycles. The van der Waals surface area contributed by atoms with E-state index < -0.39 is 9.84 Å². The van der Waals surface area contributed by atoms with Gasteiger partial charge < -0.3 is 20.1 Å². The highest BCUT2D eigenvalue weighted by atomic mass is 32.2. The number of methoxy groups -OCH3 is 2. The van der Waals surface area contributed by atoms with Crippen molar-refractivity contribution < 1.29 is 22.7 Å². The Labute approximate surface area is 194 Å². The first-order valence-electron chi connectivity index (χ1n) is 10.5. The molecule has 0 heterocycles. The molecule has 0 unspecified atom stereocenters. The van der Waals surface area contributed by atoms with Crippen molar-refractivity contribution in [2.24, 2.45) is 0 Å². The zero-order valence-corrected chi connectivity index (χ0v) is 19.9. The molecule has 1 amide bonds. The van der Waals surface area contributed by atoms with Gasteiger partial charge in [-0.1, -0.05) is 44.2 Å². The summed E-state index contributed by atoms with van der Waals surface area (Å²) in [5, 5.41) is 5.75. The zero-order chi connectivity index (χ0) is 24.0. The molecule has 3 rings (SSSR count). The summed E-state index contributed by atoms with van der Waals surface area (Å²) in [6.45, 7) is 4.06. The number of carbonyl (C=O) groups excluding carboxylic acids is 1. The van der Waals surface area contributed by atoms with Gasteiger partial charge in [-0.3, -0.25) is 4.79 Å². The second kappa shape index (κ2) is 10.4. The third-order valence-electron chi connectivity index (χ3n) is 5.12. The van der Waals surface area contributed by atoms with E-state index in [1.165, 1.54) is 31.9 Å². The van der Waals surface area contributed by atoms with Crippen LogP contribution in [0.25, 0.3) is 0 Å². The largest absolute Gasteiger partial charge is 0.493 e. The molecule has 0 spiro atoms. The monoisotopic (exact) mass is 468 g/mol. The van der Waals surface area contributed by atoms with Gasteiger partial charge in [0.1, 0.15) is 4.90 Å². The summed E-state index contributed by atoms with van der Waals surface area (Å²) in [5.41, 5.74) is 2.07. The standard InChI is InChI=1S/C25H28N2O5S/c1-17(2)18-10-12-19(13-11-18)27-23(28)16-26-21-14-15-22(31-3)24(32-4)25(21)33(29,30)20-8-6-5-7-9-20/h5-15,17,26H,16H2,1-4H3,(H,27,28). The second-order valence-corrected chi connectivity index (χ2v) is 9.56. The van der Waals surface area contributed by atoms with E-state index in [2.05, 4.69) is 24.5 Å². The number of hydrogen-bond acceptors (Lipinski definition) is 6. The fourth-order valence-corrected chi connectivity index (χ4v) is 4.96. The van der Waals surface area contributed by atoms with Gasteiger partial charge in [0.25, 0.3) is 0 Å². The van der Waals surface area contributed by atoms with Crippen molar-refractivity contribution in [2.75, 3.05) is 31.4 Å². The van der Waals surface area contributed by atoms with Crippen LogP contribution in [0.3, 0.4) is 0 Å². The van der Waals surface area contributed by atoms with Crippen LogP contribution in [0.4, 0.5) is 11.4 Å². The van der Waals surface area contributed by atoms with Crippen LogP contribution in [0.1, 0.15) is 25.3 Å². The summed E-state index contributed by atoms with van der Waals surface area (Å²) in [4.78, 5) is 12.5. The van der Waals surface area contributed by atoms with Crippen molar-refractivity contribution in [3.63, 3.8) is 0 Å². The molecule has 0 aliphatic heterocycles. The minimum atomic E-state index is -3.96. The van der Waals surface area contributed by atoms with Crippen molar-refractivity contribution in [2.45, 2.75) is 29.6 Å². The first-order valence-corrected chi connectivity index (χ1v) is 11.9. The SMILES string of the molecule is COc1ccc(NCC(=O)Nc2ccc(C(C)C)cc2)c(S(=O)(=O)c2ccccc2)c1OC. The van der Waals surface area contributed by atoms with Crippen molar-refractivity contribution in [1.82, 2.24) is 0 Å². The molecule has 0 aliphatic rings. The Morgan fingerprint density at radius 1 is 0.909 bits per heavy atom. The van der Waals surface area contributed by atoms with Gasteiger partial charge in [-0.15, -0.1) is 0 Å². The topological polar surface area (TPSA) is 93.7 Å². The quantitative estimate of drug-likeness (QED) is 0.472. The summed E-state index contributed by atoms with van der Waals surface area (Å²) in [6, 6.07) is 18.8. The van der Waals surface area contributed by atoms with E-state index in [0.717, 1.165) is 0 Å². The van der Waals surface area contributed by atoms with Crippen LogP contribution in [0.15, 0.2) is 76.5 Å². The highest BCUT2D eigenvalue weighted by Crippen LogP contribution is 2.42. The van der Waals surface area contributed by atoms with Crippen molar-refractivity contribution in [3.8, 4) is 11.5 Å². The number of amides is 1. The Hall–Kier alpha value is -3.52. The predicted molar refractivity (Wildman–Crippen MR) is 129 cm³/mol. The average Bonchev–Trinajstić information content (AvgIpc) is 2.82. The van der Waals surface area contributed by atoms with Gasteiger partial charge in [-0.05, 0) is 47.9 Å². The van der Waals surface area contributed by atoms with Gasteiger partial charge in [0.05, 0.1) is 31.3 Å². The molecule has 3 aromatic carbocycles. The Balaban J connectivity index is 1.88. The van der Waals surface area contributed by atoms with Gasteiger partial charge in [-0.2, -0.15) is 0 Å². The van der Waals surface area contributed by atoms with Crippen LogP contribution in [0.2, 0.25) is 0 Å². The van der Waals surface area contributed by atoms with Crippen molar-refractivity contribution >= 4 is 27.1 Å². The number of sulfone groups is 1. The molecule has 7 nitrogen and oxygen atoms in total. The average molecular weight is 469 g/mol. The maximum atomic E-state index is 13.4. The van der Waals surface area contributed by atoms with E-state index in [4.69, 9.17) is 9.47 Å². The van der Waals surface area contributed by atoms with E-state index in [1.807, 2.05) is 24.3 Å². The van der Waals surface area contributed by atoms with Crippen LogP contribution in [-0.2, 0) is 14.6 Å². The first-order chi connectivity index (χ1) is 15.8. The molecule has 33 heavy (non-hydrogen) atoms. The molecular formula is C25H28N2O5S. The summed E-state index contributed by atoms with van der Waals surface area (Å²) in [6.07, 6.45) is 0. The highest BCUT2D eigenvalue weighted by molar-refractivity contribution is 7.91. The molecule has 174 valence electrons. The third-order valence-corrected chi connectivity index (χ3v) is 6.96. The molecule has 0 fully saturated rings. The number of carbonyl (C=O) groups is 1. The Bertz CT molecular complexity index is 1210. The number of ether oxygens (including phenoxy) is 2. The molecule has 0 atom stereocenters. The molecule has 3 aromatic rings. The van der Waals surface area contributed by atoms with Crippen LogP contribution >= 0.6 is 0 Å². The number of nitrogens with one attached hydrogen (secondary N) is 2. The van der Waals surface area contributed by atoms with Crippen molar-refractivity contribution in [3.05, 3.63) is 72.3 Å². The lowest BCUT2D eigenvalue weighted by Crippen LogP contribution is -2.23. The minimum Gasteiger partial charge on any atom is -0.493 e. The lowest BCUT2D eigenvalue weighted by atomic mass is 10.0. The molecule has 2 N–H and O–H groups in total. The Morgan fingerprint density at radius 2 is 1.58 bits per heavy atom. The lowest BCUT2D eigenvalue weighted by molar-refractivity contribution is -0.114. The number of rotatable bonds is 9. The van der Waals surface area contributed by atoms with E-state index in [0.29, 0.717) is 11.6 Å². The van der Waals surface area contributed by atoms with Crippen LogP contribution in [0, 0.1) is 0 Å². The molecule has 0 aromatic heterocycles. The second-order valence-electron chi connectivity index (χ2n) is 7.67. The third kappa shape index (κ3) is 5.46. The fraction of sp³-hybridized carbons (Fsp3) is 0.240. The zero-order valence-electron chi connectivity index (χ0n) is 19.1. The van der Waals surface area contributed by atoms with Gasteiger partial charge in [-0.25, -0.2) is 8.42 Å². The molecule has 0 saturated carbocycles. The smallest absolute Gasteiger partial charge is 0.243 e. The first kappa shape index (κ1) is 24.1. The van der Waals surface area contributed by atoms with Crippen molar-refractivity contribution in [1.29, 1.82) is 0 Å². The minimum absolute atomic E-state index is 0.0658. The van der Waals surface area contributed by atoms with E-state index in [-0.39, 0.29) is 39.4 Å². The predicted octanol–water partition coefficient (Wildman–Crippen LogP) is 4.71. The normalized spacial score (nSPS) is 11.2. The number of hydrogen-bond donors (Lipinski definition) is 2. The summed E-state index contributed by atoms with van der Waals surface area (Å²) in [7, 11) is -1.16. The summed E-state index contributed by atoms with van der Waals surface area (Å²) >= 11 is 0. The molecule has 0 aliphatic carbocycles. The molecular weight excluding hydrogens is 440 g/mol. The van der Waals surface area contributed by atoms with Gasteiger partial charge in [0.15, 0.2) is 11.5 Å². The van der Waals surface area contributed by atoms with E-state index >= 15 is 0 Å². The van der Waals surface area contributed by atoms with E-state index in [1.54, 1.807) is 30.3 Å². The summed E-state index contributed by atoms with van der Waals surface area (Å²) < 4.78 is 37.6. The maximum Gasteiger partial charge on any atom is 0.243 e. The van der Waals surface area contributed by atoms with Gasteiger partial charge in [0.2, 0.25) is 15.7 Å². The van der Waals surface area contributed by atoms with Crippen LogP contribution < -0.4 is 20.1 Å². The molecule has 0 radical (unpaired) electrons. The number of anilines is 2. The molecule has 8 heteroatoms.